The first kappa shape index (κ1) is 20.7. The summed E-state index contributed by atoms with van der Waals surface area (Å²) in [6.07, 6.45) is 2.39. The monoisotopic (exact) mass is 402 g/mol. The number of benzene rings is 1. The van der Waals surface area contributed by atoms with Crippen molar-refractivity contribution < 1.29 is 9.53 Å². The molecule has 1 aromatic carbocycles. The molecule has 1 heterocycles. The molecule has 0 bridgehead atoms. The lowest BCUT2D eigenvalue weighted by atomic mass is 9.87. The molecule has 2 aromatic rings. The Morgan fingerprint density at radius 3 is 2.57 bits per heavy atom. The predicted molar refractivity (Wildman–Crippen MR) is 112 cm³/mol. The third-order valence-corrected chi connectivity index (χ3v) is 5.72. The van der Waals surface area contributed by atoms with Crippen molar-refractivity contribution in [2.75, 3.05) is 18.9 Å². The number of rotatable bonds is 9. The minimum absolute atomic E-state index is 0.0182. The van der Waals surface area contributed by atoms with Gasteiger partial charge in [-0.15, -0.1) is 10.2 Å². The summed E-state index contributed by atoms with van der Waals surface area (Å²) in [7, 11) is 0. The SMILES string of the molecule is CCn1c(SCC(=O)NCCOc2ccc(C(C)(C)C)cc2)nnc1C1CC1. The van der Waals surface area contributed by atoms with Gasteiger partial charge in [0.1, 0.15) is 18.2 Å². The minimum atomic E-state index is -0.0182. The molecule has 0 aliphatic heterocycles. The fourth-order valence-corrected chi connectivity index (χ4v) is 3.78. The maximum Gasteiger partial charge on any atom is 0.230 e. The number of carbonyl (C=O) groups is 1. The molecule has 3 rings (SSSR count). The minimum Gasteiger partial charge on any atom is -0.492 e. The largest absolute Gasteiger partial charge is 0.492 e. The Bertz CT molecular complexity index is 792. The molecule has 1 aliphatic carbocycles. The molecule has 0 radical (unpaired) electrons. The molecule has 0 atom stereocenters. The summed E-state index contributed by atoms with van der Waals surface area (Å²) < 4.78 is 7.84. The molecule has 1 amide bonds. The van der Waals surface area contributed by atoms with Gasteiger partial charge in [0.15, 0.2) is 5.16 Å². The van der Waals surface area contributed by atoms with Gasteiger partial charge in [0.25, 0.3) is 0 Å². The van der Waals surface area contributed by atoms with Crippen molar-refractivity contribution in [1.82, 2.24) is 20.1 Å². The number of aromatic nitrogens is 3. The second kappa shape index (κ2) is 8.99. The normalized spacial score (nSPS) is 14.1. The molecule has 1 N–H and O–H groups in total. The average molecular weight is 403 g/mol. The van der Waals surface area contributed by atoms with Crippen molar-refractivity contribution >= 4 is 17.7 Å². The lowest BCUT2D eigenvalue weighted by Crippen LogP contribution is -2.29. The van der Waals surface area contributed by atoms with Gasteiger partial charge >= 0.3 is 0 Å². The van der Waals surface area contributed by atoms with Crippen molar-refractivity contribution in [1.29, 1.82) is 0 Å². The molecule has 7 heteroatoms. The highest BCUT2D eigenvalue weighted by Gasteiger charge is 2.30. The van der Waals surface area contributed by atoms with Crippen LogP contribution in [0.25, 0.3) is 0 Å². The maximum atomic E-state index is 12.1. The topological polar surface area (TPSA) is 69.0 Å². The van der Waals surface area contributed by atoms with Crippen LogP contribution >= 0.6 is 11.8 Å². The molecular formula is C21H30N4O2S. The Kier molecular flexibility index (Phi) is 6.65. The predicted octanol–water partition coefficient (Wildman–Crippen LogP) is 3.76. The molecule has 1 aromatic heterocycles. The van der Waals surface area contributed by atoms with E-state index in [9.17, 15) is 4.79 Å². The molecular weight excluding hydrogens is 372 g/mol. The smallest absolute Gasteiger partial charge is 0.230 e. The summed E-state index contributed by atoms with van der Waals surface area (Å²) in [4.78, 5) is 12.1. The van der Waals surface area contributed by atoms with Crippen LogP contribution in [0.5, 0.6) is 5.75 Å². The number of carbonyl (C=O) groups excluding carboxylic acids is 1. The number of thioether (sulfide) groups is 1. The first-order chi connectivity index (χ1) is 13.4. The van der Waals surface area contributed by atoms with Crippen LogP contribution in [0.15, 0.2) is 29.4 Å². The first-order valence-electron chi connectivity index (χ1n) is 9.94. The van der Waals surface area contributed by atoms with E-state index in [4.69, 9.17) is 4.74 Å². The number of hydrogen-bond acceptors (Lipinski definition) is 5. The van der Waals surface area contributed by atoms with Crippen molar-refractivity contribution in [3.8, 4) is 5.75 Å². The summed E-state index contributed by atoms with van der Waals surface area (Å²) in [6.45, 7) is 10.4. The Balaban J connectivity index is 1.37. The van der Waals surface area contributed by atoms with Crippen LogP contribution in [0.3, 0.4) is 0 Å². The standard InChI is InChI=1S/C21H30N4O2S/c1-5-25-19(15-6-7-15)23-24-20(25)28-14-18(26)22-12-13-27-17-10-8-16(9-11-17)21(2,3)4/h8-11,15H,5-7,12-14H2,1-4H3,(H,22,26). The molecule has 0 spiro atoms. The molecule has 0 unspecified atom stereocenters. The van der Waals surface area contributed by atoms with Crippen LogP contribution in [0, 0.1) is 0 Å². The van der Waals surface area contributed by atoms with E-state index in [1.807, 2.05) is 12.1 Å². The van der Waals surface area contributed by atoms with Gasteiger partial charge in [0.2, 0.25) is 5.91 Å². The highest BCUT2D eigenvalue weighted by molar-refractivity contribution is 7.99. The number of amides is 1. The van der Waals surface area contributed by atoms with E-state index in [2.05, 4.69) is 59.9 Å². The fraction of sp³-hybridized carbons (Fsp3) is 0.571. The highest BCUT2D eigenvalue weighted by Crippen LogP contribution is 2.39. The summed E-state index contributed by atoms with van der Waals surface area (Å²) in [5, 5.41) is 12.3. The van der Waals surface area contributed by atoms with Crippen LogP contribution in [0.1, 0.15) is 57.8 Å². The Morgan fingerprint density at radius 2 is 1.96 bits per heavy atom. The van der Waals surface area contributed by atoms with E-state index in [1.54, 1.807) is 0 Å². The zero-order chi connectivity index (χ0) is 20.1. The molecule has 1 saturated carbocycles. The Hall–Kier alpha value is -2.02. The Labute approximate surface area is 171 Å². The van der Waals surface area contributed by atoms with Crippen LogP contribution in [0.4, 0.5) is 0 Å². The maximum absolute atomic E-state index is 12.1. The van der Waals surface area contributed by atoms with Gasteiger partial charge in [-0.2, -0.15) is 0 Å². The van der Waals surface area contributed by atoms with E-state index >= 15 is 0 Å². The first-order valence-corrected chi connectivity index (χ1v) is 10.9. The van der Waals surface area contributed by atoms with Crippen molar-refractivity contribution in [3.05, 3.63) is 35.7 Å². The van der Waals surface area contributed by atoms with Crippen molar-refractivity contribution in [2.24, 2.45) is 0 Å². The number of nitrogens with zero attached hydrogens (tertiary/aromatic N) is 3. The number of hydrogen-bond donors (Lipinski definition) is 1. The quantitative estimate of drug-likeness (QED) is 0.511. The fourth-order valence-electron chi connectivity index (χ4n) is 2.94. The average Bonchev–Trinajstić information content (AvgIpc) is 3.43. The number of nitrogens with one attached hydrogen (secondary N) is 1. The van der Waals surface area contributed by atoms with Crippen LogP contribution in [0.2, 0.25) is 0 Å². The van der Waals surface area contributed by atoms with Gasteiger partial charge in [0, 0.05) is 12.5 Å². The van der Waals surface area contributed by atoms with Crippen LogP contribution in [-0.2, 0) is 16.8 Å². The lowest BCUT2D eigenvalue weighted by molar-refractivity contribution is -0.118. The summed E-state index contributed by atoms with van der Waals surface area (Å²) in [6, 6.07) is 8.13. The lowest BCUT2D eigenvalue weighted by Gasteiger charge is -2.19. The van der Waals surface area contributed by atoms with Crippen LogP contribution in [-0.4, -0.2) is 39.6 Å². The zero-order valence-corrected chi connectivity index (χ0v) is 18.0. The van der Waals surface area contributed by atoms with Gasteiger partial charge < -0.3 is 14.6 Å². The molecule has 1 aliphatic rings. The van der Waals surface area contributed by atoms with Gasteiger partial charge in [-0.1, -0.05) is 44.7 Å². The van der Waals surface area contributed by atoms with Crippen molar-refractivity contribution in [3.63, 3.8) is 0 Å². The Morgan fingerprint density at radius 1 is 1.25 bits per heavy atom. The highest BCUT2D eigenvalue weighted by atomic mass is 32.2. The van der Waals surface area contributed by atoms with E-state index in [-0.39, 0.29) is 11.3 Å². The van der Waals surface area contributed by atoms with Crippen LogP contribution < -0.4 is 10.1 Å². The molecule has 28 heavy (non-hydrogen) atoms. The van der Waals surface area contributed by atoms with E-state index in [0.717, 1.165) is 23.3 Å². The molecule has 1 fully saturated rings. The van der Waals surface area contributed by atoms with E-state index in [0.29, 0.717) is 24.8 Å². The second-order valence-electron chi connectivity index (χ2n) is 8.12. The molecule has 152 valence electrons. The van der Waals surface area contributed by atoms with Gasteiger partial charge in [-0.3, -0.25) is 4.79 Å². The van der Waals surface area contributed by atoms with E-state index < -0.39 is 0 Å². The molecule has 6 nitrogen and oxygen atoms in total. The van der Waals surface area contributed by atoms with Gasteiger partial charge in [0.05, 0.1) is 12.3 Å². The van der Waals surface area contributed by atoms with Crippen molar-refractivity contribution in [2.45, 2.75) is 63.6 Å². The second-order valence-corrected chi connectivity index (χ2v) is 9.06. The summed E-state index contributed by atoms with van der Waals surface area (Å²) in [5.74, 6) is 2.76. The third-order valence-electron chi connectivity index (χ3n) is 4.75. The summed E-state index contributed by atoms with van der Waals surface area (Å²) in [5.41, 5.74) is 1.40. The zero-order valence-electron chi connectivity index (χ0n) is 17.2. The van der Waals surface area contributed by atoms with Gasteiger partial charge in [-0.05, 0) is 42.9 Å². The summed E-state index contributed by atoms with van der Waals surface area (Å²) >= 11 is 1.44. The van der Waals surface area contributed by atoms with Gasteiger partial charge in [-0.25, -0.2) is 0 Å². The number of ether oxygens (including phenoxy) is 1. The third kappa shape index (κ3) is 5.50. The van der Waals surface area contributed by atoms with E-state index in [1.165, 1.54) is 30.2 Å². The molecule has 0 saturated heterocycles.